The summed E-state index contributed by atoms with van der Waals surface area (Å²) < 4.78 is 18.9. The molecule has 6 heteroatoms. The van der Waals surface area contributed by atoms with E-state index in [1.54, 1.807) is 31.2 Å². The van der Waals surface area contributed by atoms with Crippen LogP contribution in [0.25, 0.3) is 0 Å². The molecule has 2 rings (SSSR count). The zero-order valence-corrected chi connectivity index (χ0v) is 11.3. The first kappa shape index (κ1) is 14.9. The molecule has 1 atom stereocenters. The highest BCUT2D eigenvalue weighted by Gasteiger charge is 2.13. The highest BCUT2D eigenvalue weighted by atomic mass is 19.1. The number of benzene rings is 2. The Labute approximate surface area is 120 Å². The molecule has 0 saturated heterocycles. The molecule has 2 aromatic rings. The first-order valence-corrected chi connectivity index (χ1v) is 6.31. The summed E-state index contributed by atoms with van der Waals surface area (Å²) in [5.41, 5.74) is 0.710. The summed E-state index contributed by atoms with van der Waals surface area (Å²) in [6, 6.07) is 10.5. The van der Waals surface area contributed by atoms with Gasteiger partial charge in [-0.05, 0) is 42.3 Å². The van der Waals surface area contributed by atoms with Gasteiger partial charge in [-0.15, -0.1) is 0 Å². The maximum atomic E-state index is 13.4. The molecule has 5 nitrogen and oxygen atoms in total. The van der Waals surface area contributed by atoms with Crippen LogP contribution in [0.2, 0.25) is 0 Å². The van der Waals surface area contributed by atoms with Crippen molar-refractivity contribution in [3.8, 4) is 5.75 Å². The Morgan fingerprint density at radius 2 is 1.95 bits per heavy atom. The van der Waals surface area contributed by atoms with Crippen LogP contribution < -0.4 is 4.74 Å². The van der Waals surface area contributed by atoms with Crippen molar-refractivity contribution in [2.75, 3.05) is 0 Å². The van der Waals surface area contributed by atoms with Gasteiger partial charge in [0.25, 0.3) is 0 Å². The standard InChI is InChI=1S/C15H14FNO4/c1-10(18)12-3-5-13(6-4-12)21-9-11-2-7-15(17(19)20)14(16)8-11/h2-8,10,18H,9H2,1H3/t10-/m1/s1. The van der Waals surface area contributed by atoms with E-state index in [2.05, 4.69) is 0 Å². The minimum atomic E-state index is -0.884. The normalized spacial score (nSPS) is 12.0. The molecule has 0 saturated carbocycles. The van der Waals surface area contributed by atoms with Gasteiger partial charge in [0.05, 0.1) is 11.0 Å². The Morgan fingerprint density at radius 3 is 2.48 bits per heavy atom. The van der Waals surface area contributed by atoms with Gasteiger partial charge < -0.3 is 9.84 Å². The van der Waals surface area contributed by atoms with Crippen LogP contribution in [0.4, 0.5) is 10.1 Å². The molecule has 0 heterocycles. The van der Waals surface area contributed by atoms with Crippen molar-refractivity contribution in [1.29, 1.82) is 0 Å². The van der Waals surface area contributed by atoms with Crippen LogP contribution in [0.3, 0.4) is 0 Å². The molecule has 0 aliphatic rings. The lowest BCUT2D eigenvalue weighted by Gasteiger charge is -2.08. The summed E-state index contributed by atoms with van der Waals surface area (Å²) in [5.74, 6) is -0.316. The zero-order valence-electron chi connectivity index (χ0n) is 11.3. The van der Waals surface area contributed by atoms with Crippen molar-refractivity contribution in [3.63, 3.8) is 0 Å². The lowest BCUT2D eigenvalue weighted by Crippen LogP contribution is -1.99. The average molecular weight is 291 g/mol. The lowest BCUT2D eigenvalue weighted by molar-refractivity contribution is -0.387. The summed E-state index contributed by atoms with van der Waals surface area (Å²) in [5, 5.41) is 19.9. The molecular formula is C15H14FNO4. The third-order valence-electron chi connectivity index (χ3n) is 2.98. The Hall–Kier alpha value is -2.47. The smallest absolute Gasteiger partial charge is 0.304 e. The molecule has 0 radical (unpaired) electrons. The van der Waals surface area contributed by atoms with E-state index in [9.17, 15) is 19.6 Å². The minimum absolute atomic E-state index is 0.100. The van der Waals surface area contributed by atoms with Crippen LogP contribution >= 0.6 is 0 Å². The van der Waals surface area contributed by atoms with Gasteiger partial charge in [0.1, 0.15) is 12.4 Å². The molecule has 0 aliphatic carbocycles. The van der Waals surface area contributed by atoms with E-state index in [0.717, 1.165) is 17.7 Å². The van der Waals surface area contributed by atoms with Crippen molar-refractivity contribution in [2.45, 2.75) is 19.6 Å². The molecule has 1 N–H and O–H groups in total. The number of aliphatic hydroxyl groups is 1. The zero-order chi connectivity index (χ0) is 15.4. The van der Waals surface area contributed by atoms with E-state index < -0.39 is 22.5 Å². The van der Waals surface area contributed by atoms with Crippen molar-refractivity contribution in [1.82, 2.24) is 0 Å². The number of nitro benzene ring substituents is 1. The summed E-state index contributed by atoms with van der Waals surface area (Å²) in [7, 11) is 0. The van der Waals surface area contributed by atoms with Crippen LogP contribution in [-0.4, -0.2) is 10.0 Å². The number of hydrogen-bond donors (Lipinski definition) is 1. The Morgan fingerprint density at radius 1 is 1.29 bits per heavy atom. The number of rotatable bonds is 5. The van der Waals surface area contributed by atoms with Crippen molar-refractivity contribution in [3.05, 3.63) is 69.5 Å². The molecule has 0 bridgehead atoms. The Kier molecular flexibility index (Phi) is 4.49. The second-order valence-electron chi connectivity index (χ2n) is 4.58. The van der Waals surface area contributed by atoms with Gasteiger partial charge in [0, 0.05) is 6.07 Å². The first-order valence-electron chi connectivity index (χ1n) is 6.31. The fourth-order valence-electron chi connectivity index (χ4n) is 1.80. The topological polar surface area (TPSA) is 72.6 Å². The van der Waals surface area contributed by atoms with Gasteiger partial charge in [0.2, 0.25) is 5.82 Å². The molecule has 110 valence electrons. The second-order valence-corrected chi connectivity index (χ2v) is 4.58. The van der Waals surface area contributed by atoms with Crippen molar-refractivity contribution in [2.24, 2.45) is 0 Å². The van der Waals surface area contributed by atoms with E-state index >= 15 is 0 Å². The lowest BCUT2D eigenvalue weighted by atomic mass is 10.1. The Balaban J connectivity index is 2.03. The van der Waals surface area contributed by atoms with Crippen molar-refractivity contribution >= 4 is 5.69 Å². The van der Waals surface area contributed by atoms with E-state index in [4.69, 9.17) is 4.74 Å². The van der Waals surface area contributed by atoms with E-state index in [-0.39, 0.29) is 6.61 Å². The van der Waals surface area contributed by atoms with E-state index in [1.165, 1.54) is 6.07 Å². The molecule has 0 fully saturated rings. The summed E-state index contributed by atoms with van der Waals surface area (Å²) in [4.78, 5) is 9.74. The van der Waals surface area contributed by atoms with Gasteiger partial charge in [-0.1, -0.05) is 12.1 Å². The number of nitro groups is 1. The summed E-state index contributed by atoms with van der Waals surface area (Å²) in [6.07, 6.45) is -0.553. The predicted molar refractivity (Wildman–Crippen MR) is 74.5 cm³/mol. The summed E-state index contributed by atoms with van der Waals surface area (Å²) >= 11 is 0. The van der Waals surface area contributed by atoms with Gasteiger partial charge in [0.15, 0.2) is 0 Å². The number of hydrogen-bond acceptors (Lipinski definition) is 4. The van der Waals surface area contributed by atoms with Crippen LogP contribution in [0.5, 0.6) is 5.75 Å². The molecule has 0 aromatic heterocycles. The minimum Gasteiger partial charge on any atom is -0.489 e. The maximum Gasteiger partial charge on any atom is 0.304 e. The van der Waals surface area contributed by atoms with E-state index in [0.29, 0.717) is 11.3 Å². The predicted octanol–water partition coefficient (Wildman–Crippen LogP) is 3.37. The number of aliphatic hydroxyl groups excluding tert-OH is 1. The molecule has 0 aliphatic heterocycles. The van der Waals surface area contributed by atoms with Gasteiger partial charge in [-0.3, -0.25) is 10.1 Å². The number of ether oxygens (including phenoxy) is 1. The highest BCUT2D eigenvalue weighted by molar-refractivity contribution is 5.35. The number of halogens is 1. The third-order valence-corrected chi connectivity index (χ3v) is 2.98. The fraction of sp³-hybridized carbons (Fsp3) is 0.200. The number of nitrogens with zero attached hydrogens (tertiary/aromatic N) is 1. The van der Waals surface area contributed by atoms with Crippen LogP contribution in [-0.2, 0) is 6.61 Å². The molecule has 2 aromatic carbocycles. The van der Waals surface area contributed by atoms with Crippen LogP contribution in [0, 0.1) is 15.9 Å². The fourth-order valence-corrected chi connectivity index (χ4v) is 1.80. The van der Waals surface area contributed by atoms with Crippen molar-refractivity contribution < 1.29 is 19.2 Å². The van der Waals surface area contributed by atoms with Crippen LogP contribution in [0.1, 0.15) is 24.2 Å². The maximum absolute atomic E-state index is 13.4. The van der Waals surface area contributed by atoms with Gasteiger partial charge >= 0.3 is 5.69 Å². The first-order chi connectivity index (χ1) is 9.97. The van der Waals surface area contributed by atoms with Gasteiger partial charge in [-0.2, -0.15) is 4.39 Å². The monoisotopic (exact) mass is 291 g/mol. The Bertz CT molecular complexity index is 641. The largest absolute Gasteiger partial charge is 0.489 e. The third kappa shape index (κ3) is 3.76. The molecule has 0 unspecified atom stereocenters. The highest BCUT2D eigenvalue weighted by Crippen LogP contribution is 2.21. The average Bonchev–Trinajstić information content (AvgIpc) is 2.45. The molecular weight excluding hydrogens is 277 g/mol. The molecule has 0 amide bonds. The molecule has 0 spiro atoms. The molecule has 21 heavy (non-hydrogen) atoms. The van der Waals surface area contributed by atoms with Gasteiger partial charge in [-0.25, -0.2) is 0 Å². The summed E-state index contributed by atoms with van der Waals surface area (Å²) in [6.45, 7) is 1.76. The van der Waals surface area contributed by atoms with E-state index in [1.807, 2.05) is 0 Å². The SMILES string of the molecule is C[C@@H](O)c1ccc(OCc2ccc([N+](=O)[O-])c(F)c2)cc1. The second kappa shape index (κ2) is 6.32. The quantitative estimate of drug-likeness (QED) is 0.677. The van der Waals surface area contributed by atoms with Crippen LogP contribution in [0.15, 0.2) is 42.5 Å².